The first-order valence-electron chi connectivity index (χ1n) is 5.53. The number of anilines is 1. The van der Waals surface area contributed by atoms with Crippen molar-refractivity contribution in [2.45, 2.75) is 6.92 Å². The standard InChI is InChI=1S/C14H11BrFNO2/c1-8-6-10(3-5-13(8)18)17-14(19)9-2-4-12(16)11(15)7-9/h2-7,18H,1H3,(H,17,19). The van der Waals surface area contributed by atoms with Gasteiger partial charge in [0.15, 0.2) is 0 Å². The zero-order valence-electron chi connectivity index (χ0n) is 10.1. The van der Waals surface area contributed by atoms with Gasteiger partial charge < -0.3 is 10.4 Å². The molecular weight excluding hydrogens is 313 g/mol. The monoisotopic (exact) mass is 323 g/mol. The van der Waals surface area contributed by atoms with Crippen molar-refractivity contribution in [3.05, 3.63) is 57.8 Å². The Morgan fingerprint density at radius 2 is 2.00 bits per heavy atom. The highest BCUT2D eigenvalue weighted by Crippen LogP contribution is 2.21. The molecular formula is C14H11BrFNO2. The number of amides is 1. The zero-order valence-corrected chi connectivity index (χ0v) is 11.7. The molecule has 1 amide bonds. The fourth-order valence-electron chi connectivity index (χ4n) is 1.57. The molecule has 0 aliphatic carbocycles. The van der Waals surface area contributed by atoms with E-state index in [1.54, 1.807) is 19.1 Å². The molecule has 2 rings (SSSR count). The van der Waals surface area contributed by atoms with E-state index in [0.717, 1.165) is 0 Å². The molecule has 0 atom stereocenters. The Balaban J connectivity index is 2.20. The molecule has 2 aromatic carbocycles. The van der Waals surface area contributed by atoms with E-state index in [-0.39, 0.29) is 16.1 Å². The fraction of sp³-hybridized carbons (Fsp3) is 0.0714. The van der Waals surface area contributed by atoms with Crippen LogP contribution < -0.4 is 5.32 Å². The van der Waals surface area contributed by atoms with Crippen LogP contribution in [0.2, 0.25) is 0 Å². The lowest BCUT2D eigenvalue weighted by Gasteiger charge is -2.07. The number of hydrogen-bond donors (Lipinski definition) is 2. The van der Waals surface area contributed by atoms with Crippen molar-refractivity contribution in [2.24, 2.45) is 0 Å². The second kappa shape index (κ2) is 5.40. The van der Waals surface area contributed by atoms with Crippen LogP contribution in [-0.4, -0.2) is 11.0 Å². The zero-order chi connectivity index (χ0) is 14.0. The van der Waals surface area contributed by atoms with Crippen LogP contribution in [-0.2, 0) is 0 Å². The van der Waals surface area contributed by atoms with Gasteiger partial charge in [0.25, 0.3) is 5.91 Å². The summed E-state index contributed by atoms with van der Waals surface area (Å²) in [6.07, 6.45) is 0. The molecule has 0 aliphatic rings. The van der Waals surface area contributed by atoms with Crippen molar-refractivity contribution in [2.75, 3.05) is 5.32 Å². The first-order chi connectivity index (χ1) is 8.97. The molecule has 0 heterocycles. The van der Waals surface area contributed by atoms with Crippen molar-refractivity contribution in [3.8, 4) is 5.75 Å². The van der Waals surface area contributed by atoms with E-state index in [4.69, 9.17) is 0 Å². The van der Waals surface area contributed by atoms with Gasteiger partial charge in [0.05, 0.1) is 4.47 Å². The summed E-state index contributed by atoms with van der Waals surface area (Å²) in [7, 11) is 0. The van der Waals surface area contributed by atoms with Crippen LogP contribution in [0, 0.1) is 12.7 Å². The first kappa shape index (κ1) is 13.5. The van der Waals surface area contributed by atoms with Crippen molar-refractivity contribution in [1.82, 2.24) is 0 Å². The van der Waals surface area contributed by atoms with Crippen molar-refractivity contribution in [1.29, 1.82) is 0 Å². The highest BCUT2D eigenvalue weighted by Gasteiger charge is 2.09. The van der Waals surface area contributed by atoms with Gasteiger partial charge in [-0.1, -0.05) is 0 Å². The number of aromatic hydroxyl groups is 1. The van der Waals surface area contributed by atoms with Crippen LogP contribution in [0.4, 0.5) is 10.1 Å². The SMILES string of the molecule is Cc1cc(NC(=O)c2ccc(F)c(Br)c2)ccc1O. The molecule has 98 valence electrons. The molecule has 0 saturated heterocycles. The summed E-state index contributed by atoms with van der Waals surface area (Å²) in [4.78, 5) is 12.0. The third-order valence-corrected chi connectivity index (χ3v) is 3.24. The Kier molecular flexibility index (Phi) is 3.85. The van der Waals surface area contributed by atoms with E-state index in [1.165, 1.54) is 24.3 Å². The quantitative estimate of drug-likeness (QED) is 0.824. The molecule has 0 spiro atoms. The Labute approximate surface area is 118 Å². The van der Waals surface area contributed by atoms with E-state index in [0.29, 0.717) is 16.8 Å². The average Bonchev–Trinajstić information content (AvgIpc) is 2.37. The third kappa shape index (κ3) is 3.12. The second-order valence-electron chi connectivity index (χ2n) is 4.08. The number of carbonyl (C=O) groups is 1. The van der Waals surface area contributed by atoms with Gasteiger partial charge >= 0.3 is 0 Å². The lowest BCUT2D eigenvalue weighted by atomic mass is 10.1. The van der Waals surface area contributed by atoms with E-state index in [1.807, 2.05) is 0 Å². The van der Waals surface area contributed by atoms with E-state index < -0.39 is 5.82 Å². The maximum Gasteiger partial charge on any atom is 0.255 e. The van der Waals surface area contributed by atoms with Gasteiger partial charge in [-0.2, -0.15) is 0 Å². The largest absolute Gasteiger partial charge is 0.508 e. The van der Waals surface area contributed by atoms with Crippen LogP contribution in [0.3, 0.4) is 0 Å². The minimum Gasteiger partial charge on any atom is -0.508 e. The summed E-state index contributed by atoms with van der Waals surface area (Å²) in [6.45, 7) is 1.74. The lowest BCUT2D eigenvalue weighted by Crippen LogP contribution is -2.12. The number of aryl methyl sites for hydroxylation is 1. The highest BCUT2D eigenvalue weighted by molar-refractivity contribution is 9.10. The van der Waals surface area contributed by atoms with E-state index >= 15 is 0 Å². The number of hydrogen-bond acceptors (Lipinski definition) is 2. The van der Waals surface area contributed by atoms with E-state index in [2.05, 4.69) is 21.2 Å². The molecule has 5 heteroatoms. The number of halogens is 2. The third-order valence-electron chi connectivity index (χ3n) is 2.64. The van der Waals surface area contributed by atoms with Gasteiger partial charge in [0.1, 0.15) is 11.6 Å². The maximum atomic E-state index is 13.1. The minimum absolute atomic E-state index is 0.169. The molecule has 2 N–H and O–H groups in total. The summed E-state index contributed by atoms with van der Waals surface area (Å²) in [5, 5.41) is 12.1. The molecule has 19 heavy (non-hydrogen) atoms. The van der Waals surface area contributed by atoms with Crippen molar-refractivity contribution >= 4 is 27.5 Å². The molecule has 0 aliphatic heterocycles. The first-order valence-corrected chi connectivity index (χ1v) is 6.32. The average molecular weight is 324 g/mol. The molecule has 0 unspecified atom stereocenters. The summed E-state index contributed by atoms with van der Waals surface area (Å²) >= 11 is 3.03. The summed E-state index contributed by atoms with van der Waals surface area (Å²) in [6, 6.07) is 8.80. The molecule has 0 fully saturated rings. The summed E-state index contributed by atoms with van der Waals surface area (Å²) < 4.78 is 13.3. The van der Waals surface area contributed by atoms with Gasteiger partial charge in [0, 0.05) is 11.3 Å². The molecule has 0 bridgehead atoms. The number of carbonyl (C=O) groups excluding carboxylic acids is 1. The number of nitrogens with one attached hydrogen (secondary N) is 1. The smallest absolute Gasteiger partial charge is 0.255 e. The van der Waals surface area contributed by atoms with Crippen molar-refractivity contribution < 1.29 is 14.3 Å². The predicted octanol–water partition coefficient (Wildman–Crippen LogP) is 3.85. The van der Waals surface area contributed by atoms with Crippen LogP contribution in [0.25, 0.3) is 0 Å². The van der Waals surface area contributed by atoms with Gasteiger partial charge in [-0.15, -0.1) is 0 Å². The molecule has 0 saturated carbocycles. The van der Waals surface area contributed by atoms with Crippen LogP contribution >= 0.6 is 15.9 Å². The lowest BCUT2D eigenvalue weighted by molar-refractivity contribution is 0.102. The highest BCUT2D eigenvalue weighted by atomic mass is 79.9. The Bertz CT molecular complexity index is 643. The number of phenolic OH excluding ortho intramolecular Hbond substituents is 1. The minimum atomic E-state index is -0.419. The fourth-order valence-corrected chi connectivity index (χ4v) is 1.95. The molecule has 0 aromatic heterocycles. The summed E-state index contributed by atoms with van der Waals surface area (Å²) in [5.41, 5.74) is 1.58. The normalized spacial score (nSPS) is 10.3. The molecule has 0 radical (unpaired) electrons. The molecule has 2 aromatic rings. The van der Waals surface area contributed by atoms with Crippen LogP contribution in [0.5, 0.6) is 5.75 Å². The van der Waals surface area contributed by atoms with Gasteiger partial charge in [-0.25, -0.2) is 4.39 Å². The summed E-state index contributed by atoms with van der Waals surface area (Å²) in [5.74, 6) is -0.592. The number of phenols is 1. The van der Waals surface area contributed by atoms with Crippen LogP contribution in [0.15, 0.2) is 40.9 Å². The van der Waals surface area contributed by atoms with Gasteiger partial charge in [-0.3, -0.25) is 4.79 Å². The van der Waals surface area contributed by atoms with Gasteiger partial charge in [0.2, 0.25) is 0 Å². The Morgan fingerprint density at radius 1 is 1.26 bits per heavy atom. The van der Waals surface area contributed by atoms with Gasteiger partial charge in [-0.05, 0) is 64.8 Å². The number of benzene rings is 2. The van der Waals surface area contributed by atoms with Crippen LogP contribution in [0.1, 0.15) is 15.9 Å². The second-order valence-corrected chi connectivity index (χ2v) is 4.94. The Hall–Kier alpha value is -1.88. The Morgan fingerprint density at radius 3 is 2.63 bits per heavy atom. The van der Waals surface area contributed by atoms with E-state index in [9.17, 15) is 14.3 Å². The predicted molar refractivity (Wildman–Crippen MR) is 74.9 cm³/mol. The maximum absolute atomic E-state index is 13.1. The topological polar surface area (TPSA) is 49.3 Å². The number of rotatable bonds is 2. The molecule has 3 nitrogen and oxygen atoms in total. The van der Waals surface area contributed by atoms with Crippen molar-refractivity contribution in [3.63, 3.8) is 0 Å².